The van der Waals surface area contributed by atoms with Crippen molar-refractivity contribution in [3.8, 4) is 11.4 Å². The van der Waals surface area contributed by atoms with Crippen molar-refractivity contribution in [2.45, 2.75) is 13.8 Å². The predicted octanol–water partition coefficient (Wildman–Crippen LogP) is 4.17. The van der Waals surface area contributed by atoms with E-state index in [1.807, 2.05) is 53.2 Å². The fraction of sp³-hybridized carbons (Fsp3) is 0.125. The fourth-order valence-corrected chi connectivity index (χ4v) is 3.25. The van der Waals surface area contributed by atoms with Gasteiger partial charge in [0.25, 0.3) is 5.91 Å². The zero-order valence-electron chi connectivity index (χ0n) is 16.9. The minimum atomic E-state index is -0.343. The van der Waals surface area contributed by atoms with Crippen LogP contribution in [-0.4, -0.2) is 28.3 Å². The number of nitrogens with one attached hydrogen (secondary N) is 1. The summed E-state index contributed by atoms with van der Waals surface area (Å²) in [4.78, 5) is 16.5. The van der Waals surface area contributed by atoms with Gasteiger partial charge in [0.05, 0.1) is 11.9 Å². The van der Waals surface area contributed by atoms with Gasteiger partial charge in [0.2, 0.25) is 0 Å². The number of fused-ring (bicyclic) bond motifs is 1. The number of hydrogen-bond donors (Lipinski definition) is 1. The third-order valence-corrected chi connectivity index (χ3v) is 4.96. The Bertz CT molecular complexity index is 1220. The van der Waals surface area contributed by atoms with Crippen LogP contribution in [0.15, 0.2) is 78.2 Å². The molecule has 0 aliphatic heterocycles. The van der Waals surface area contributed by atoms with Crippen molar-refractivity contribution in [2.24, 2.45) is 5.10 Å². The van der Waals surface area contributed by atoms with E-state index in [-0.39, 0.29) is 12.5 Å². The molecule has 0 spiro atoms. The van der Waals surface area contributed by atoms with Gasteiger partial charge < -0.3 is 9.30 Å². The standard InChI is InChI=1S/C24H22N4O2/c1-17-7-3-11-21(18(17)2)28-14-6-10-20(28)15-26-27-23(29)16-30-22-12-4-8-19-9-5-13-25-24(19)22/h3-15H,16H2,1-2H3,(H,27,29)/b26-15+. The second kappa shape index (κ2) is 8.61. The number of hydrazone groups is 1. The molecule has 0 bridgehead atoms. The molecule has 0 unspecified atom stereocenters. The first-order chi connectivity index (χ1) is 14.6. The maximum absolute atomic E-state index is 12.2. The smallest absolute Gasteiger partial charge is 0.277 e. The molecule has 0 aliphatic rings. The Labute approximate surface area is 174 Å². The summed E-state index contributed by atoms with van der Waals surface area (Å²) >= 11 is 0. The molecule has 1 amide bonds. The zero-order chi connectivity index (χ0) is 20.9. The summed E-state index contributed by atoms with van der Waals surface area (Å²) < 4.78 is 7.68. The molecule has 0 saturated heterocycles. The average molecular weight is 398 g/mol. The number of carbonyl (C=O) groups excluding carboxylic acids is 1. The van der Waals surface area contributed by atoms with E-state index in [4.69, 9.17) is 4.74 Å². The second-order valence-corrected chi connectivity index (χ2v) is 6.94. The van der Waals surface area contributed by atoms with Crippen molar-refractivity contribution in [2.75, 3.05) is 6.61 Å². The molecule has 4 aromatic rings. The number of amides is 1. The predicted molar refractivity (Wildman–Crippen MR) is 118 cm³/mol. The summed E-state index contributed by atoms with van der Waals surface area (Å²) in [6.07, 6.45) is 5.30. The van der Waals surface area contributed by atoms with Gasteiger partial charge in [-0.3, -0.25) is 9.78 Å². The van der Waals surface area contributed by atoms with Gasteiger partial charge in [-0.05, 0) is 55.3 Å². The minimum absolute atomic E-state index is 0.148. The second-order valence-electron chi connectivity index (χ2n) is 6.94. The summed E-state index contributed by atoms with van der Waals surface area (Å²) in [7, 11) is 0. The highest BCUT2D eigenvalue weighted by Gasteiger charge is 2.08. The van der Waals surface area contributed by atoms with E-state index in [1.165, 1.54) is 11.1 Å². The van der Waals surface area contributed by atoms with Crippen molar-refractivity contribution >= 4 is 23.0 Å². The van der Waals surface area contributed by atoms with Gasteiger partial charge in [-0.1, -0.05) is 30.3 Å². The quantitative estimate of drug-likeness (QED) is 0.391. The number of nitrogens with zero attached hydrogens (tertiary/aromatic N) is 3. The number of aromatic nitrogens is 2. The van der Waals surface area contributed by atoms with E-state index in [0.29, 0.717) is 5.75 Å². The molecule has 0 saturated carbocycles. The molecule has 0 atom stereocenters. The van der Waals surface area contributed by atoms with Crippen LogP contribution >= 0.6 is 0 Å². The van der Waals surface area contributed by atoms with Gasteiger partial charge in [0.1, 0.15) is 11.3 Å². The van der Waals surface area contributed by atoms with Crippen molar-refractivity contribution in [3.63, 3.8) is 0 Å². The van der Waals surface area contributed by atoms with Crippen LogP contribution in [0.2, 0.25) is 0 Å². The van der Waals surface area contributed by atoms with Gasteiger partial charge >= 0.3 is 0 Å². The van der Waals surface area contributed by atoms with Crippen LogP contribution in [0.5, 0.6) is 5.75 Å². The molecule has 0 fully saturated rings. The molecule has 2 heterocycles. The minimum Gasteiger partial charge on any atom is -0.481 e. The zero-order valence-corrected chi connectivity index (χ0v) is 16.9. The summed E-state index contributed by atoms with van der Waals surface area (Å²) in [6.45, 7) is 4.03. The highest BCUT2D eigenvalue weighted by molar-refractivity contribution is 5.85. The SMILES string of the molecule is Cc1cccc(-n2cccc2/C=N/NC(=O)COc2cccc3cccnc23)c1C. The van der Waals surface area contributed by atoms with Crippen LogP contribution in [-0.2, 0) is 4.79 Å². The molecule has 150 valence electrons. The molecule has 2 aromatic heterocycles. The maximum Gasteiger partial charge on any atom is 0.277 e. The number of rotatable bonds is 6. The Kier molecular flexibility index (Phi) is 5.57. The molecule has 0 aliphatic carbocycles. The van der Waals surface area contributed by atoms with Gasteiger partial charge in [-0.15, -0.1) is 0 Å². The first-order valence-corrected chi connectivity index (χ1v) is 9.66. The number of pyridine rings is 1. The highest BCUT2D eigenvalue weighted by Crippen LogP contribution is 2.22. The number of ether oxygens (including phenoxy) is 1. The molecule has 1 N–H and O–H groups in total. The third kappa shape index (κ3) is 4.07. The Hall–Kier alpha value is -3.93. The van der Waals surface area contributed by atoms with Gasteiger partial charge in [0.15, 0.2) is 6.61 Å². The lowest BCUT2D eigenvalue weighted by atomic mass is 10.1. The molecule has 6 heteroatoms. The molecular formula is C24H22N4O2. The maximum atomic E-state index is 12.2. The highest BCUT2D eigenvalue weighted by atomic mass is 16.5. The Morgan fingerprint density at radius 3 is 2.83 bits per heavy atom. The van der Waals surface area contributed by atoms with E-state index in [0.717, 1.165) is 22.3 Å². The monoisotopic (exact) mass is 398 g/mol. The van der Waals surface area contributed by atoms with Gasteiger partial charge in [-0.25, -0.2) is 5.43 Å². The average Bonchev–Trinajstić information content (AvgIpc) is 3.22. The van der Waals surface area contributed by atoms with Crippen molar-refractivity contribution < 1.29 is 9.53 Å². The van der Waals surface area contributed by atoms with E-state index >= 15 is 0 Å². The third-order valence-electron chi connectivity index (χ3n) is 4.96. The Balaban J connectivity index is 1.40. The van der Waals surface area contributed by atoms with Crippen LogP contribution in [0, 0.1) is 13.8 Å². The van der Waals surface area contributed by atoms with Crippen LogP contribution in [0.4, 0.5) is 0 Å². The first kappa shape index (κ1) is 19.4. The lowest BCUT2D eigenvalue weighted by Crippen LogP contribution is -2.24. The Morgan fingerprint density at radius 2 is 1.93 bits per heavy atom. The van der Waals surface area contributed by atoms with Gasteiger partial charge in [0, 0.05) is 23.5 Å². The van der Waals surface area contributed by atoms with E-state index in [1.54, 1.807) is 18.5 Å². The van der Waals surface area contributed by atoms with Crippen molar-refractivity contribution in [3.05, 3.63) is 89.9 Å². The summed E-state index contributed by atoms with van der Waals surface area (Å²) in [5.41, 5.74) is 7.61. The summed E-state index contributed by atoms with van der Waals surface area (Å²) in [6, 6.07) is 19.5. The fourth-order valence-electron chi connectivity index (χ4n) is 3.25. The van der Waals surface area contributed by atoms with E-state index < -0.39 is 0 Å². The van der Waals surface area contributed by atoms with Crippen LogP contribution < -0.4 is 10.2 Å². The lowest BCUT2D eigenvalue weighted by Gasteiger charge is -2.11. The lowest BCUT2D eigenvalue weighted by molar-refractivity contribution is -0.123. The van der Waals surface area contributed by atoms with Crippen molar-refractivity contribution in [1.82, 2.24) is 15.0 Å². The molecule has 30 heavy (non-hydrogen) atoms. The first-order valence-electron chi connectivity index (χ1n) is 9.66. The van der Waals surface area contributed by atoms with E-state index in [9.17, 15) is 4.79 Å². The number of aryl methyl sites for hydroxylation is 1. The topological polar surface area (TPSA) is 68.5 Å². The number of carbonyl (C=O) groups is 1. The van der Waals surface area contributed by atoms with Crippen LogP contribution in [0.3, 0.4) is 0 Å². The summed E-state index contributed by atoms with van der Waals surface area (Å²) in [5.74, 6) is 0.222. The number of benzene rings is 2. The molecule has 6 nitrogen and oxygen atoms in total. The molecular weight excluding hydrogens is 376 g/mol. The largest absolute Gasteiger partial charge is 0.481 e. The van der Waals surface area contributed by atoms with Crippen LogP contribution in [0.1, 0.15) is 16.8 Å². The number of para-hydroxylation sites is 1. The van der Waals surface area contributed by atoms with Gasteiger partial charge in [-0.2, -0.15) is 5.10 Å². The summed E-state index contributed by atoms with van der Waals surface area (Å²) in [5, 5.41) is 5.04. The van der Waals surface area contributed by atoms with Crippen LogP contribution in [0.25, 0.3) is 16.6 Å². The molecule has 4 rings (SSSR count). The normalized spacial score (nSPS) is 11.1. The Morgan fingerprint density at radius 1 is 1.10 bits per heavy atom. The molecule has 0 radical (unpaired) electrons. The van der Waals surface area contributed by atoms with Crippen molar-refractivity contribution in [1.29, 1.82) is 0 Å². The molecule has 2 aromatic carbocycles. The van der Waals surface area contributed by atoms with E-state index in [2.05, 4.69) is 41.5 Å². The number of hydrogen-bond acceptors (Lipinski definition) is 4.